The summed E-state index contributed by atoms with van der Waals surface area (Å²) in [6.45, 7) is 0. The van der Waals surface area contributed by atoms with Gasteiger partial charge in [-0.15, -0.1) is 0 Å². The summed E-state index contributed by atoms with van der Waals surface area (Å²) in [5.74, 6) is -1.97. The summed E-state index contributed by atoms with van der Waals surface area (Å²) in [6.07, 6.45) is 1.13. The van der Waals surface area contributed by atoms with E-state index in [1.165, 1.54) is 36.5 Å². The van der Waals surface area contributed by atoms with Gasteiger partial charge in [-0.1, -0.05) is 18.2 Å². The van der Waals surface area contributed by atoms with Crippen molar-refractivity contribution >= 4 is 17.5 Å². The first-order chi connectivity index (χ1) is 10.5. The van der Waals surface area contributed by atoms with E-state index in [-0.39, 0.29) is 23.5 Å². The Kier molecular flexibility index (Phi) is 4.62. The molecule has 0 aliphatic carbocycles. The minimum atomic E-state index is -1.26. The van der Waals surface area contributed by atoms with Gasteiger partial charge in [-0.2, -0.15) is 0 Å². The molecule has 2 N–H and O–H groups in total. The molecule has 1 atom stereocenters. The molecule has 7 nitrogen and oxygen atoms in total. The van der Waals surface area contributed by atoms with Gasteiger partial charge < -0.3 is 10.4 Å². The Morgan fingerprint density at radius 1 is 1.36 bits per heavy atom. The third kappa shape index (κ3) is 3.54. The highest BCUT2D eigenvalue weighted by Crippen LogP contribution is 2.22. The normalized spacial score (nSPS) is 11.7. The number of rotatable bonds is 6. The van der Waals surface area contributed by atoms with Crippen molar-refractivity contribution in [1.29, 1.82) is 0 Å². The molecule has 0 bridgehead atoms. The average Bonchev–Trinajstić information content (AvgIpc) is 2.49. The van der Waals surface area contributed by atoms with Crippen LogP contribution in [0.2, 0.25) is 0 Å². The maximum atomic E-state index is 13.6. The summed E-state index contributed by atoms with van der Waals surface area (Å²) in [5.41, 5.74) is -0.150. The number of halogens is 1. The lowest BCUT2D eigenvalue weighted by atomic mass is 10.1. The van der Waals surface area contributed by atoms with Gasteiger partial charge in [0.2, 0.25) is 5.82 Å². The van der Waals surface area contributed by atoms with Gasteiger partial charge in [-0.3, -0.25) is 10.1 Å². The van der Waals surface area contributed by atoms with E-state index >= 15 is 0 Å². The van der Waals surface area contributed by atoms with Crippen molar-refractivity contribution in [3.63, 3.8) is 0 Å². The second-order valence-electron chi connectivity index (χ2n) is 4.46. The van der Waals surface area contributed by atoms with Crippen LogP contribution >= 0.6 is 0 Å². The average molecular weight is 305 g/mol. The topological polar surface area (TPSA) is 105 Å². The second kappa shape index (κ2) is 6.61. The van der Waals surface area contributed by atoms with Gasteiger partial charge in [0.05, 0.1) is 4.92 Å². The molecule has 0 aliphatic heterocycles. The Morgan fingerprint density at radius 3 is 2.73 bits per heavy atom. The maximum absolute atomic E-state index is 13.6. The van der Waals surface area contributed by atoms with Crippen LogP contribution in [0.3, 0.4) is 0 Å². The lowest BCUT2D eigenvalue weighted by molar-refractivity contribution is -0.384. The molecule has 1 aromatic carbocycles. The van der Waals surface area contributed by atoms with E-state index in [1.807, 2.05) is 0 Å². The van der Waals surface area contributed by atoms with Gasteiger partial charge in [0, 0.05) is 18.7 Å². The number of carbonyl (C=O) groups is 1. The zero-order chi connectivity index (χ0) is 16.1. The SMILES string of the molecule is O=C(O)C(Cc1ccccc1F)Nc1ncccc1[N+](=O)[O-]. The smallest absolute Gasteiger partial charge is 0.326 e. The number of nitro groups is 1. The molecule has 0 amide bonds. The lowest BCUT2D eigenvalue weighted by Crippen LogP contribution is -2.32. The highest BCUT2D eigenvalue weighted by atomic mass is 19.1. The Bertz CT molecular complexity index is 708. The van der Waals surface area contributed by atoms with Crippen LogP contribution < -0.4 is 5.32 Å². The molecule has 22 heavy (non-hydrogen) atoms. The lowest BCUT2D eigenvalue weighted by Gasteiger charge is -2.15. The van der Waals surface area contributed by atoms with Gasteiger partial charge in [-0.05, 0) is 17.7 Å². The molecule has 0 fully saturated rings. The number of hydrogen-bond acceptors (Lipinski definition) is 5. The summed E-state index contributed by atoms with van der Waals surface area (Å²) in [6, 6.07) is 7.09. The van der Waals surface area contributed by atoms with Gasteiger partial charge >= 0.3 is 11.7 Å². The number of hydrogen-bond donors (Lipinski definition) is 2. The summed E-state index contributed by atoms with van der Waals surface area (Å²) >= 11 is 0. The number of anilines is 1. The molecule has 114 valence electrons. The summed E-state index contributed by atoms with van der Waals surface area (Å²) in [5, 5.41) is 22.6. The van der Waals surface area contributed by atoms with E-state index in [1.54, 1.807) is 6.07 Å². The zero-order valence-electron chi connectivity index (χ0n) is 11.3. The molecule has 0 saturated carbocycles. The highest BCUT2D eigenvalue weighted by Gasteiger charge is 2.24. The van der Waals surface area contributed by atoms with Crippen LogP contribution in [0.5, 0.6) is 0 Å². The largest absolute Gasteiger partial charge is 0.480 e. The molecule has 0 saturated heterocycles. The molecule has 8 heteroatoms. The Hall–Kier alpha value is -3.03. The third-order valence-electron chi connectivity index (χ3n) is 2.97. The predicted octanol–water partition coefficient (Wildman–Crippen LogP) is 2.24. The van der Waals surface area contributed by atoms with Gasteiger partial charge in [0.1, 0.15) is 11.9 Å². The number of carboxylic acids is 1. The summed E-state index contributed by atoms with van der Waals surface area (Å²) in [4.78, 5) is 25.3. The predicted molar refractivity (Wildman–Crippen MR) is 76.0 cm³/mol. The molecule has 2 aromatic rings. The zero-order valence-corrected chi connectivity index (χ0v) is 11.3. The quantitative estimate of drug-likeness (QED) is 0.626. The van der Waals surface area contributed by atoms with Crippen molar-refractivity contribution in [3.8, 4) is 0 Å². The molecule has 1 aromatic heterocycles. The molecule has 0 radical (unpaired) electrons. The molecule has 1 unspecified atom stereocenters. The number of nitrogens with zero attached hydrogens (tertiary/aromatic N) is 2. The van der Waals surface area contributed by atoms with Crippen LogP contribution in [-0.2, 0) is 11.2 Å². The number of nitrogens with one attached hydrogen (secondary N) is 1. The third-order valence-corrected chi connectivity index (χ3v) is 2.97. The number of pyridine rings is 1. The molecular weight excluding hydrogens is 293 g/mol. The van der Waals surface area contributed by atoms with Crippen molar-refractivity contribution in [2.45, 2.75) is 12.5 Å². The molecule has 0 spiro atoms. The monoisotopic (exact) mass is 305 g/mol. The standard InChI is InChI=1S/C14H12FN3O4/c15-10-5-2-1-4-9(10)8-11(14(19)20)17-13-12(18(21)22)6-3-7-16-13/h1-7,11H,8H2,(H,16,17)(H,19,20). The molecular formula is C14H12FN3O4. The van der Waals surface area contributed by atoms with Crippen LogP contribution in [0, 0.1) is 15.9 Å². The number of benzene rings is 1. The first kappa shape index (κ1) is 15.4. The van der Waals surface area contributed by atoms with Gasteiger partial charge in [0.15, 0.2) is 0 Å². The summed E-state index contributed by atoms with van der Waals surface area (Å²) in [7, 11) is 0. The van der Waals surface area contributed by atoms with Crippen molar-refractivity contribution < 1.29 is 19.2 Å². The van der Waals surface area contributed by atoms with Crippen LogP contribution in [0.4, 0.5) is 15.9 Å². The highest BCUT2D eigenvalue weighted by molar-refractivity contribution is 5.78. The van der Waals surface area contributed by atoms with Crippen molar-refractivity contribution in [2.75, 3.05) is 5.32 Å². The van der Waals surface area contributed by atoms with E-state index in [0.29, 0.717) is 0 Å². The first-order valence-electron chi connectivity index (χ1n) is 6.31. The van der Waals surface area contributed by atoms with Gasteiger partial charge in [0.25, 0.3) is 0 Å². The van der Waals surface area contributed by atoms with Crippen LogP contribution in [0.25, 0.3) is 0 Å². The second-order valence-corrected chi connectivity index (χ2v) is 4.46. The number of aliphatic carboxylic acids is 1. The van der Waals surface area contributed by atoms with E-state index < -0.39 is 22.8 Å². The van der Waals surface area contributed by atoms with E-state index in [2.05, 4.69) is 10.3 Å². The van der Waals surface area contributed by atoms with Crippen molar-refractivity contribution in [1.82, 2.24) is 4.98 Å². The molecule has 2 rings (SSSR count). The van der Waals surface area contributed by atoms with E-state index in [9.17, 15) is 24.4 Å². The first-order valence-corrected chi connectivity index (χ1v) is 6.31. The van der Waals surface area contributed by atoms with Crippen LogP contribution in [-0.4, -0.2) is 27.0 Å². The van der Waals surface area contributed by atoms with Crippen LogP contribution in [0.1, 0.15) is 5.56 Å². The van der Waals surface area contributed by atoms with Crippen molar-refractivity contribution in [3.05, 3.63) is 64.1 Å². The fourth-order valence-electron chi connectivity index (χ4n) is 1.90. The Morgan fingerprint density at radius 2 is 2.09 bits per heavy atom. The summed E-state index contributed by atoms with van der Waals surface area (Å²) < 4.78 is 13.6. The number of aromatic nitrogens is 1. The van der Waals surface area contributed by atoms with E-state index in [0.717, 1.165) is 0 Å². The maximum Gasteiger partial charge on any atom is 0.326 e. The minimum Gasteiger partial charge on any atom is -0.480 e. The molecule has 1 heterocycles. The Labute approximate surface area is 124 Å². The fourth-order valence-corrected chi connectivity index (χ4v) is 1.90. The van der Waals surface area contributed by atoms with E-state index in [4.69, 9.17) is 0 Å². The van der Waals surface area contributed by atoms with Gasteiger partial charge in [-0.25, -0.2) is 14.2 Å². The van der Waals surface area contributed by atoms with Crippen LogP contribution in [0.15, 0.2) is 42.6 Å². The van der Waals surface area contributed by atoms with Crippen molar-refractivity contribution in [2.24, 2.45) is 0 Å². The Balaban J connectivity index is 2.25. The number of carboxylic acid groups (broad SMARTS) is 1. The fraction of sp³-hybridized carbons (Fsp3) is 0.143. The minimum absolute atomic E-state index is 0.170. The molecule has 0 aliphatic rings.